The molecular formula is C17H22N2O2. The Kier molecular flexibility index (Phi) is 4.68. The molecule has 0 spiro atoms. The lowest BCUT2D eigenvalue weighted by molar-refractivity contribution is 0.181. The van der Waals surface area contributed by atoms with E-state index in [1.165, 1.54) is 5.56 Å². The number of nitrogens with zero attached hydrogens (tertiary/aromatic N) is 1. The summed E-state index contributed by atoms with van der Waals surface area (Å²) < 4.78 is 11.0. The van der Waals surface area contributed by atoms with Crippen LogP contribution in [0.25, 0.3) is 0 Å². The lowest BCUT2D eigenvalue weighted by atomic mass is 9.94. The molecule has 1 fully saturated rings. The van der Waals surface area contributed by atoms with Crippen molar-refractivity contribution in [2.24, 2.45) is 5.92 Å². The molecule has 2 heterocycles. The van der Waals surface area contributed by atoms with Crippen molar-refractivity contribution < 1.29 is 9.15 Å². The number of hydrogen-bond acceptors (Lipinski definition) is 4. The standard InChI is InChI=1S/C17H22N2O2/c1-13-10-19-17(21-13)11-18-16(9-14-7-8-20-12-14)15-5-3-2-4-6-15/h2-6,10,14,16,18H,7-9,11-12H2,1H3/t14-,16-/m0/s1. The Morgan fingerprint density at radius 3 is 2.86 bits per heavy atom. The van der Waals surface area contributed by atoms with Gasteiger partial charge in [0, 0.05) is 19.3 Å². The molecule has 1 aliphatic heterocycles. The Hall–Kier alpha value is -1.65. The topological polar surface area (TPSA) is 47.3 Å². The summed E-state index contributed by atoms with van der Waals surface area (Å²) in [5.41, 5.74) is 1.31. The molecule has 1 N–H and O–H groups in total. The molecule has 3 rings (SSSR count). The second kappa shape index (κ2) is 6.87. The summed E-state index contributed by atoms with van der Waals surface area (Å²) in [5, 5.41) is 3.58. The van der Waals surface area contributed by atoms with E-state index in [2.05, 4.69) is 40.6 Å². The molecule has 2 atom stereocenters. The van der Waals surface area contributed by atoms with Crippen LogP contribution in [0.2, 0.25) is 0 Å². The fourth-order valence-electron chi connectivity index (χ4n) is 2.82. The van der Waals surface area contributed by atoms with Gasteiger partial charge in [0.2, 0.25) is 5.89 Å². The van der Waals surface area contributed by atoms with Gasteiger partial charge in [0.15, 0.2) is 0 Å². The van der Waals surface area contributed by atoms with Crippen LogP contribution in [-0.2, 0) is 11.3 Å². The van der Waals surface area contributed by atoms with Crippen LogP contribution in [0.1, 0.15) is 36.1 Å². The van der Waals surface area contributed by atoms with Crippen molar-refractivity contribution in [3.63, 3.8) is 0 Å². The molecule has 1 saturated heterocycles. The van der Waals surface area contributed by atoms with Crippen LogP contribution in [0.3, 0.4) is 0 Å². The van der Waals surface area contributed by atoms with Gasteiger partial charge in [0.25, 0.3) is 0 Å². The minimum absolute atomic E-state index is 0.310. The smallest absolute Gasteiger partial charge is 0.208 e. The first-order chi connectivity index (χ1) is 10.3. The Balaban J connectivity index is 1.66. The summed E-state index contributed by atoms with van der Waals surface area (Å²) in [7, 11) is 0. The molecule has 2 aromatic rings. The van der Waals surface area contributed by atoms with Crippen LogP contribution in [0, 0.1) is 12.8 Å². The molecule has 0 saturated carbocycles. The van der Waals surface area contributed by atoms with E-state index < -0.39 is 0 Å². The van der Waals surface area contributed by atoms with Crippen molar-refractivity contribution in [3.8, 4) is 0 Å². The molecule has 21 heavy (non-hydrogen) atoms. The van der Waals surface area contributed by atoms with E-state index in [0.29, 0.717) is 18.5 Å². The number of hydrogen-bond donors (Lipinski definition) is 1. The van der Waals surface area contributed by atoms with Gasteiger partial charge < -0.3 is 14.5 Å². The second-order valence-corrected chi connectivity index (χ2v) is 5.67. The van der Waals surface area contributed by atoms with Gasteiger partial charge in [-0.2, -0.15) is 0 Å². The lowest BCUT2D eigenvalue weighted by Gasteiger charge is -2.21. The van der Waals surface area contributed by atoms with Gasteiger partial charge in [-0.3, -0.25) is 0 Å². The summed E-state index contributed by atoms with van der Waals surface area (Å²) in [6.45, 7) is 4.34. The minimum Gasteiger partial charge on any atom is -0.445 e. The molecule has 0 bridgehead atoms. The Morgan fingerprint density at radius 1 is 1.33 bits per heavy atom. The van der Waals surface area contributed by atoms with Gasteiger partial charge in [0.05, 0.1) is 12.7 Å². The number of rotatable bonds is 6. The summed E-state index contributed by atoms with van der Waals surface area (Å²) in [4.78, 5) is 4.26. The number of benzene rings is 1. The van der Waals surface area contributed by atoms with Crippen molar-refractivity contribution in [3.05, 3.63) is 53.7 Å². The van der Waals surface area contributed by atoms with E-state index in [4.69, 9.17) is 9.15 Å². The van der Waals surface area contributed by atoms with E-state index in [-0.39, 0.29) is 0 Å². The number of nitrogens with one attached hydrogen (secondary N) is 1. The average Bonchev–Trinajstić information content (AvgIpc) is 3.16. The fraction of sp³-hybridized carbons (Fsp3) is 0.471. The molecular weight excluding hydrogens is 264 g/mol. The lowest BCUT2D eigenvalue weighted by Crippen LogP contribution is -2.24. The normalized spacial score (nSPS) is 19.8. The maximum Gasteiger partial charge on any atom is 0.208 e. The second-order valence-electron chi connectivity index (χ2n) is 5.67. The van der Waals surface area contributed by atoms with E-state index in [0.717, 1.165) is 37.7 Å². The van der Waals surface area contributed by atoms with Gasteiger partial charge >= 0.3 is 0 Å². The molecule has 0 amide bonds. The summed E-state index contributed by atoms with van der Waals surface area (Å²) >= 11 is 0. The van der Waals surface area contributed by atoms with E-state index in [1.807, 2.05) is 6.92 Å². The molecule has 4 nitrogen and oxygen atoms in total. The quantitative estimate of drug-likeness (QED) is 0.885. The van der Waals surface area contributed by atoms with E-state index in [1.54, 1.807) is 6.20 Å². The molecule has 0 unspecified atom stereocenters. The van der Waals surface area contributed by atoms with Crippen molar-refractivity contribution in [1.29, 1.82) is 0 Å². The highest BCUT2D eigenvalue weighted by atomic mass is 16.5. The predicted octanol–water partition coefficient (Wildman–Crippen LogP) is 3.24. The molecule has 0 radical (unpaired) electrons. The maximum atomic E-state index is 5.54. The summed E-state index contributed by atoms with van der Waals surface area (Å²) in [5.74, 6) is 2.23. The van der Waals surface area contributed by atoms with Crippen LogP contribution in [-0.4, -0.2) is 18.2 Å². The third kappa shape index (κ3) is 3.93. The van der Waals surface area contributed by atoms with Crippen molar-refractivity contribution in [2.45, 2.75) is 32.4 Å². The Bertz CT molecular complexity index is 547. The monoisotopic (exact) mass is 286 g/mol. The van der Waals surface area contributed by atoms with Crippen molar-refractivity contribution in [1.82, 2.24) is 10.3 Å². The first-order valence-corrected chi connectivity index (χ1v) is 7.58. The zero-order valence-electron chi connectivity index (χ0n) is 12.4. The average molecular weight is 286 g/mol. The highest BCUT2D eigenvalue weighted by Gasteiger charge is 2.22. The zero-order valence-corrected chi connectivity index (χ0v) is 12.4. The highest BCUT2D eigenvalue weighted by molar-refractivity contribution is 5.19. The number of aromatic nitrogens is 1. The van der Waals surface area contributed by atoms with Gasteiger partial charge in [-0.05, 0) is 31.2 Å². The van der Waals surface area contributed by atoms with Gasteiger partial charge in [-0.1, -0.05) is 30.3 Å². The number of aryl methyl sites for hydroxylation is 1. The number of oxazole rings is 1. The van der Waals surface area contributed by atoms with Crippen LogP contribution in [0.15, 0.2) is 40.9 Å². The largest absolute Gasteiger partial charge is 0.445 e. The molecule has 112 valence electrons. The van der Waals surface area contributed by atoms with Crippen LogP contribution in [0.4, 0.5) is 0 Å². The van der Waals surface area contributed by atoms with Crippen LogP contribution < -0.4 is 5.32 Å². The van der Waals surface area contributed by atoms with Crippen LogP contribution >= 0.6 is 0 Å². The Morgan fingerprint density at radius 2 is 2.19 bits per heavy atom. The first-order valence-electron chi connectivity index (χ1n) is 7.58. The highest BCUT2D eigenvalue weighted by Crippen LogP contribution is 2.26. The van der Waals surface area contributed by atoms with Gasteiger partial charge in [0.1, 0.15) is 5.76 Å². The van der Waals surface area contributed by atoms with Crippen molar-refractivity contribution >= 4 is 0 Å². The molecule has 0 aliphatic carbocycles. The Labute approximate surface area is 125 Å². The fourth-order valence-corrected chi connectivity index (χ4v) is 2.82. The van der Waals surface area contributed by atoms with E-state index in [9.17, 15) is 0 Å². The van der Waals surface area contributed by atoms with E-state index >= 15 is 0 Å². The maximum absolute atomic E-state index is 5.54. The van der Waals surface area contributed by atoms with Gasteiger partial charge in [-0.15, -0.1) is 0 Å². The molecule has 1 aliphatic rings. The third-order valence-electron chi connectivity index (χ3n) is 3.96. The predicted molar refractivity (Wildman–Crippen MR) is 80.8 cm³/mol. The minimum atomic E-state index is 0.310. The zero-order chi connectivity index (χ0) is 14.5. The molecule has 1 aromatic heterocycles. The summed E-state index contributed by atoms with van der Waals surface area (Å²) in [6, 6.07) is 10.9. The van der Waals surface area contributed by atoms with Crippen molar-refractivity contribution in [2.75, 3.05) is 13.2 Å². The number of ether oxygens (including phenoxy) is 1. The van der Waals surface area contributed by atoms with Gasteiger partial charge in [-0.25, -0.2) is 4.98 Å². The van der Waals surface area contributed by atoms with Crippen LogP contribution in [0.5, 0.6) is 0 Å². The third-order valence-corrected chi connectivity index (χ3v) is 3.96. The SMILES string of the molecule is Cc1cnc(CN[C@@H](C[C@@H]2CCOC2)c2ccccc2)o1. The first kappa shape index (κ1) is 14.3. The molecule has 4 heteroatoms. The molecule has 1 aromatic carbocycles. The summed E-state index contributed by atoms with van der Waals surface area (Å²) in [6.07, 6.45) is 4.01.